The molecular weight excluding hydrogens is 354 g/mol. The van der Waals surface area contributed by atoms with E-state index in [1.54, 1.807) is 24.3 Å². The zero-order valence-electron chi connectivity index (χ0n) is 15.1. The Kier molecular flexibility index (Phi) is 6.76. The molecule has 0 unspecified atom stereocenters. The van der Waals surface area contributed by atoms with Gasteiger partial charge in [-0.05, 0) is 30.3 Å². The van der Waals surface area contributed by atoms with Crippen molar-refractivity contribution in [3.63, 3.8) is 0 Å². The summed E-state index contributed by atoms with van der Waals surface area (Å²) in [7, 11) is 4.16. The van der Waals surface area contributed by atoms with E-state index in [9.17, 15) is 14.4 Å². The monoisotopic (exact) mass is 373 g/mol. The van der Waals surface area contributed by atoms with Crippen LogP contribution < -0.4 is 14.8 Å². The third-order valence-electron chi connectivity index (χ3n) is 3.56. The fourth-order valence-electron chi connectivity index (χ4n) is 2.24. The number of nitrogens with one attached hydrogen (secondary N) is 1. The molecule has 1 N–H and O–H groups in total. The largest absolute Gasteiger partial charge is 0.493 e. The van der Waals surface area contributed by atoms with Gasteiger partial charge in [-0.2, -0.15) is 0 Å². The lowest BCUT2D eigenvalue weighted by Crippen LogP contribution is -2.22. The van der Waals surface area contributed by atoms with Crippen LogP contribution in [0.5, 0.6) is 11.5 Å². The average molecular weight is 373 g/mol. The molecule has 0 radical (unpaired) electrons. The summed E-state index contributed by atoms with van der Waals surface area (Å²) in [6, 6.07) is 10.8. The Morgan fingerprint density at radius 3 is 2.26 bits per heavy atom. The molecule has 27 heavy (non-hydrogen) atoms. The van der Waals surface area contributed by atoms with E-state index in [1.807, 2.05) is 0 Å². The van der Waals surface area contributed by atoms with Crippen molar-refractivity contribution < 1.29 is 33.3 Å². The van der Waals surface area contributed by atoms with Crippen molar-refractivity contribution in [3.05, 3.63) is 53.6 Å². The normalized spacial score (nSPS) is 9.89. The summed E-state index contributed by atoms with van der Waals surface area (Å²) in [5.41, 5.74) is 0.659. The first kappa shape index (κ1) is 19.8. The molecule has 0 saturated carbocycles. The van der Waals surface area contributed by atoms with E-state index in [0.717, 1.165) is 0 Å². The SMILES string of the molecule is COC(=O)c1ccccc1NC(=O)COC(=O)c1ccc(OC)c(OC)c1. The third kappa shape index (κ3) is 4.97. The van der Waals surface area contributed by atoms with Crippen molar-refractivity contribution in [1.29, 1.82) is 0 Å². The molecule has 0 atom stereocenters. The highest BCUT2D eigenvalue weighted by Gasteiger charge is 2.16. The summed E-state index contributed by atoms with van der Waals surface area (Å²) in [6.45, 7) is -0.525. The minimum absolute atomic E-state index is 0.194. The van der Waals surface area contributed by atoms with Gasteiger partial charge in [-0.3, -0.25) is 4.79 Å². The van der Waals surface area contributed by atoms with Crippen molar-refractivity contribution in [2.45, 2.75) is 0 Å². The molecule has 0 aliphatic carbocycles. The van der Waals surface area contributed by atoms with Gasteiger partial charge in [-0.15, -0.1) is 0 Å². The highest BCUT2D eigenvalue weighted by molar-refractivity contribution is 6.02. The number of para-hydroxylation sites is 1. The fourth-order valence-corrected chi connectivity index (χ4v) is 2.24. The second-order valence-corrected chi connectivity index (χ2v) is 5.23. The molecule has 2 rings (SSSR count). The number of hydrogen-bond donors (Lipinski definition) is 1. The van der Waals surface area contributed by atoms with Crippen molar-refractivity contribution >= 4 is 23.5 Å². The van der Waals surface area contributed by atoms with Gasteiger partial charge in [0.2, 0.25) is 0 Å². The van der Waals surface area contributed by atoms with Gasteiger partial charge in [-0.25, -0.2) is 9.59 Å². The predicted molar refractivity (Wildman–Crippen MR) is 96.2 cm³/mol. The number of amides is 1. The Morgan fingerprint density at radius 1 is 0.889 bits per heavy atom. The Hall–Kier alpha value is -3.55. The van der Waals surface area contributed by atoms with E-state index < -0.39 is 24.5 Å². The summed E-state index contributed by atoms with van der Waals surface area (Å²) in [5.74, 6) is -1.06. The number of ether oxygens (including phenoxy) is 4. The molecule has 0 heterocycles. The van der Waals surface area contributed by atoms with E-state index in [2.05, 4.69) is 10.1 Å². The van der Waals surface area contributed by atoms with Gasteiger partial charge < -0.3 is 24.3 Å². The topological polar surface area (TPSA) is 100 Å². The van der Waals surface area contributed by atoms with Gasteiger partial charge in [0, 0.05) is 0 Å². The Morgan fingerprint density at radius 2 is 1.59 bits per heavy atom. The minimum atomic E-state index is -0.702. The lowest BCUT2D eigenvalue weighted by atomic mass is 10.2. The quantitative estimate of drug-likeness (QED) is 0.743. The van der Waals surface area contributed by atoms with Gasteiger partial charge in [0.05, 0.1) is 38.1 Å². The number of hydrogen-bond acceptors (Lipinski definition) is 7. The molecule has 0 saturated heterocycles. The first-order chi connectivity index (χ1) is 13.0. The lowest BCUT2D eigenvalue weighted by Gasteiger charge is -2.11. The minimum Gasteiger partial charge on any atom is -0.493 e. The van der Waals surface area contributed by atoms with Crippen molar-refractivity contribution in [2.24, 2.45) is 0 Å². The molecular formula is C19H19NO7. The van der Waals surface area contributed by atoms with Crippen LogP contribution in [0.3, 0.4) is 0 Å². The van der Waals surface area contributed by atoms with Crippen LogP contribution >= 0.6 is 0 Å². The van der Waals surface area contributed by atoms with Crippen molar-refractivity contribution in [2.75, 3.05) is 33.3 Å². The third-order valence-corrected chi connectivity index (χ3v) is 3.56. The Labute approximate surface area is 156 Å². The molecule has 2 aromatic rings. The van der Waals surface area contributed by atoms with Crippen molar-refractivity contribution in [1.82, 2.24) is 0 Å². The number of carbonyl (C=O) groups is 3. The molecule has 0 fully saturated rings. The van der Waals surface area contributed by atoms with Gasteiger partial charge in [0.1, 0.15) is 0 Å². The molecule has 0 bridgehead atoms. The number of carbonyl (C=O) groups excluding carboxylic acids is 3. The standard InChI is InChI=1S/C19H19NO7/c1-24-15-9-8-12(10-16(15)25-2)18(22)27-11-17(21)20-14-7-5-4-6-13(14)19(23)26-3/h4-10H,11H2,1-3H3,(H,20,21). The molecule has 1 amide bonds. The lowest BCUT2D eigenvalue weighted by molar-refractivity contribution is -0.119. The summed E-state index contributed by atoms with van der Waals surface area (Å²) >= 11 is 0. The second-order valence-electron chi connectivity index (χ2n) is 5.23. The molecule has 8 nitrogen and oxygen atoms in total. The van der Waals surface area contributed by atoms with Gasteiger partial charge >= 0.3 is 11.9 Å². The van der Waals surface area contributed by atoms with Crippen LogP contribution in [0.2, 0.25) is 0 Å². The second kappa shape index (κ2) is 9.23. The fraction of sp³-hybridized carbons (Fsp3) is 0.211. The van der Waals surface area contributed by atoms with Crippen LogP contribution in [-0.2, 0) is 14.3 Å². The Balaban J connectivity index is 2.00. The number of esters is 2. The summed E-state index contributed by atoms with van der Waals surface area (Å²) in [4.78, 5) is 35.9. The summed E-state index contributed by atoms with van der Waals surface area (Å²) < 4.78 is 19.9. The van der Waals surface area contributed by atoms with Gasteiger partial charge in [-0.1, -0.05) is 12.1 Å². The molecule has 0 aliphatic heterocycles. The van der Waals surface area contributed by atoms with Gasteiger partial charge in [0.15, 0.2) is 18.1 Å². The molecule has 0 spiro atoms. The number of anilines is 1. The number of benzene rings is 2. The predicted octanol–water partition coefficient (Wildman–Crippen LogP) is 2.29. The average Bonchev–Trinajstić information content (AvgIpc) is 2.71. The molecule has 8 heteroatoms. The van der Waals surface area contributed by atoms with Crippen LogP contribution in [0.4, 0.5) is 5.69 Å². The van der Waals surface area contributed by atoms with Gasteiger partial charge in [0.25, 0.3) is 5.91 Å². The molecule has 0 aromatic heterocycles. The van der Waals surface area contributed by atoms with Crippen LogP contribution in [0, 0.1) is 0 Å². The first-order valence-electron chi connectivity index (χ1n) is 7.86. The maximum absolute atomic E-state index is 12.1. The Bertz CT molecular complexity index is 848. The van der Waals surface area contributed by atoms with Crippen LogP contribution in [0.15, 0.2) is 42.5 Å². The van der Waals surface area contributed by atoms with E-state index >= 15 is 0 Å². The zero-order chi connectivity index (χ0) is 19.8. The van der Waals surface area contributed by atoms with E-state index in [-0.39, 0.29) is 16.8 Å². The van der Waals surface area contributed by atoms with Crippen LogP contribution in [0.1, 0.15) is 20.7 Å². The zero-order valence-corrected chi connectivity index (χ0v) is 15.1. The van der Waals surface area contributed by atoms with E-state index in [1.165, 1.54) is 39.5 Å². The highest BCUT2D eigenvalue weighted by Crippen LogP contribution is 2.27. The summed E-state index contributed by atoms with van der Waals surface area (Å²) in [6.07, 6.45) is 0. The maximum Gasteiger partial charge on any atom is 0.339 e. The van der Waals surface area contributed by atoms with Crippen molar-refractivity contribution in [3.8, 4) is 11.5 Å². The number of rotatable bonds is 7. The van der Waals surface area contributed by atoms with Crippen LogP contribution in [0.25, 0.3) is 0 Å². The molecule has 142 valence electrons. The smallest absolute Gasteiger partial charge is 0.339 e. The maximum atomic E-state index is 12.1. The van der Waals surface area contributed by atoms with Crippen LogP contribution in [-0.4, -0.2) is 45.8 Å². The van der Waals surface area contributed by atoms with E-state index in [4.69, 9.17) is 14.2 Å². The molecule has 2 aromatic carbocycles. The number of methoxy groups -OCH3 is 3. The molecule has 0 aliphatic rings. The highest BCUT2D eigenvalue weighted by atomic mass is 16.5. The first-order valence-corrected chi connectivity index (χ1v) is 7.86. The van der Waals surface area contributed by atoms with E-state index in [0.29, 0.717) is 11.5 Å². The summed E-state index contributed by atoms with van der Waals surface area (Å²) in [5, 5.41) is 2.51.